The molecule has 26 heavy (non-hydrogen) atoms. The van der Waals surface area contributed by atoms with Crippen LogP contribution in [0.15, 0.2) is 61.8 Å². The molecule has 144 valence electrons. The van der Waals surface area contributed by atoms with Gasteiger partial charge in [-0.05, 0) is 0 Å². The van der Waals surface area contributed by atoms with Crippen LogP contribution in [0.1, 0.15) is 0 Å². The molecule has 0 heterocycles. The second-order valence-electron chi connectivity index (χ2n) is 5.54. The molecule has 0 bridgehead atoms. The van der Waals surface area contributed by atoms with E-state index in [0.29, 0.717) is 37.3 Å². The number of carbonyl (C=O) groups excluding carboxylic acids is 2. The standard InChI is InChI=1S/C20H30N2O4/c1-7-11-21(19(23)17(3)15-25-5)13-9-10-14-22(12-8-2)20(24)18(4)16-26-6/h7-10H,1-4,11-16H2,5-6H3/b10-9+. The van der Waals surface area contributed by atoms with Crippen LogP contribution < -0.4 is 0 Å². The molecule has 0 aromatic heterocycles. The highest BCUT2D eigenvalue weighted by Gasteiger charge is 2.15. The normalized spacial score (nSPS) is 10.4. The van der Waals surface area contributed by atoms with Gasteiger partial charge >= 0.3 is 0 Å². The Balaban J connectivity index is 4.82. The highest BCUT2D eigenvalue weighted by molar-refractivity contribution is 5.93. The molecule has 0 saturated heterocycles. The van der Waals surface area contributed by atoms with Crippen LogP contribution in [0.5, 0.6) is 0 Å². The van der Waals surface area contributed by atoms with Crippen LogP contribution in [0.3, 0.4) is 0 Å². The Morgan fingerprint density at radius 1 is 0.769 bits per heavy atom. The number of hydrogen-bond acceptors (Lipinski definition) is 4. The van der Waals surface area contributed by atoms with E-state index in [2.05, 4.69) is 26.3 Å². The molecular formula is C20H30N2O4. The molecule has 0 radical (unpaired) electrons. The zero-order valence-corrected chi connectivity index (χ0v) is 15.9. The van der Waals surface area contributed by atoms with Crippen molar-refractivity contribution in [1.82, 2.24) is 9.80 Å². The summed E-state index contributed by atoms with van der Waals surface area (Å²) < 4.78 is 9.89. The van der Waals surface area contributed by atoms with Crippen LogP contribution in [0, 0.1) is 0 Å². The van der Waals surface area contributed by atoms with E-state index in [1.54, 1.807) is 22.0 Å². The fourth-order valence-corrected chi connectivity index (χ4v) is 2.12. The monoisotopic (exact) mass is 362 g/mol. The molecule has 0 aliphatic heterocycles. The van der Waals surface area contributed by atoms with Crippen molar-refractivity contribution < 1.29 is 19.1 Å². The van der Waals surface area contributed by atoms with Crippen LogP contribution in [0.25, 0.3) is 0 Å². The summed E-state index contributed by atoms with van der Waals surface area (Å²) in [6, 6.07) is 0. The van der Waals surface area contributed by atoms with E-state index in [-0.39, 0.29) is 25.0 Å². The molecule has 0 aromatic carbocycles. The summed E-state index contributed by atoms with van der Waals surface area (Å²) in [6.45, 7) is 16.7. The van der Waals surface area contributed by atoms with Crippen molar-refractivity contribution in [2.24, 2.45) is 0 Å². The van der Waals surface area contributed by atoms with Crippen LogP contribution in [0.2, 0.25) is 0 Å². The molecule has 0 rings (SSSR count). The topological polar surface area (TPSA) is 59.1 Å². The predicted octanol–water partition coefficient (Wildman–Crippen LogP) is 1.98. The summed E-state index contributed by atoms with van der Waals surface area (Å²) in [7, 11) is 3.03. The SMILES string of the molecule is C=CCN(C/C=C/CN(CC=C)C(=O)C(=C)COC)C(=O)C(=C)COC. The quantitative estimate of drug-likeness (QED) is 0.350. The van der Waals surface area contributed by atoms with Gasteiger partial charge in [0.1, 0.15) is 0 Å². The maximum atomic E-state index is 12.3. The lowest BCUT2D eigenvalue weighted by atomic mass is 10.2. The average molecular weight is 362 g/mol. The third kappa shape index (κ3) is 8.60. The first-order valence-corrected chi connectivity index (χ1v) is 8.21. The van der Waals surface area contributed by atoms with Gasteiger partial charge in [0.2, 0.25) is 0 Å². The molecule has 0 atom stereocenters. The Labute approximate surface area is 156 Å². The maximum absolute atomic E-state index is 12.3. The van der Waals surface area contributed by atoms with Gasteiger partial charge in [-0.1, -0.05) is 37.5 Å². The van der Waals surface area contributed by atoms with E-state index in [1.165, 1.54) is 14.2 Å². The van der Waals surface area contributed by atoms with Gasteiger partial charge in [-0.15, -0.1) is 13.2 Å². The summed E-state index contributed by atoms with van der Waals surface area (Å²) in [5, 5.41) is 0. The minimum Gasteiger partial charge on any atom is -0.380 e. The Kier molecular flexibility index (Phi) is 12.5. The van der Waals surface area contributed by atoms with Gasteiger partial charge in [0.05, 0.1) is 13.2 Å². The van der Waals surface area contributed by atoms with E-state index in [4.69, 9.17) is 9.47 Å². The predicted molar refractivity (Wildman–Crippen MR) is 105 cm³/mol. The van der Waals surface area contributed by atoms with Crippen molar-refractivity contribution in [1.29, 1.82) is 0 Å². The molecule has 6 nitrogen and oxygen atoms in total. The van der Waals surface area contributed by atoms with Crippen LogP contribution >= 0.6 is 0 Å². The van der Waals surface area contributed by atoms with Gasteiger partial charge in [-0.2, -0.15) is 0 Å². The smallest absolute Gasteiger partial charge is 0.252 e. The van der Waals surface area contributed by atoms with Crippen molar-refractivity contribution in [3.05, 3.63) is 61.8 Å². The lowest BCUT2D eigenvalue weighted by Gasteiger charge is -2.22. The van der Waals surface area contributed by atoms with Gasteiger partial charge in [-0.3, -0.25) is 9.59 Å². The minimum absolute atomic E-state index is 0.180. The van der Waals surface area contributed by atoms with Crippen molar-refractivity contribution in [3.8, 4) is 0 Å². The average Bonchev–Trinajstić information content (AvgIpc) is 2.62. The fraction of sp³-hybridized carbons (Fsp3) is 0.400. The number of amides is 2. The minimum atomic E-state index is -0.191. The molecule has 0 aromatic rings. The third-order valence-electron chi connectivity index (χ3n) is 3.33. The molecule has 0 aliphatic rings. The molecule has 2 amide bonds. The molecule has 6 heteroatoms. The molecule has 0 fully saturated rings. The number of ether oxygens (including phenoxy) is 2. The number of hydrogen-bond donors (Lipinski definition) is 0. The number of carbonyl (C=O) groups is 2. The van der Waals surface area contributed by atoms with Crippen molar-refractivity contribution in [2.75, 3.05) is 53.6 Å². The Bertz CT molecular complexity index is 504. The van der Waals surface area contributed by atoms with Gasteiger partial charge < -0.3 is 19.3 Å². The fourth-order valence-electron chi connectivity index (χ4n) is 2.12. The van der Waals surface area contributed by atoms with Crippen LogP contribution in [0.4, 0.5) is 0 Å². The zero-order valence-electron chi connectivity index (χ0n) is 15.9. The summed E-state index contributed by atoms with van der Waals surface area (Å²) in [4.78, 5) is 27.8. The molecule has 0 spiro atoms. The second kappa shape index (κ2) is 13.8. The van der Waals surface area contributed by atoms with Gasteiger partial charge in [-0.25, -0.2) is 0 Å². The molecule has 0 N–H and O–H groups in total. The molecular weight excluding hydrogens is 332 g/mol. The summed E-state index contributed by atoms with van der Waals surface area (Å²) in [5.41, 5.74) is 0.754. The first-order chi connectivity index (χ1) is 12.4. The zero-order chi connectivity index (χ0) is 19.9. The molecule has 0 aliphatic carbocycles. The van der Waals surface area contributed by atoms with Crippen molar-refractivity contribution in [3.63, 3.8) is 0 Å². The molecule has 0 saturated carbocycles. The van der Waals surface area contributed by atoms with Crippen molar-refractivity contribution in [2.45, 2.75) is 0 Å². The lowest BCUT2D eigenvalue weighted by molar-refractivity contribution is -0.127. The Hall–Kier alpha value is -2.44. The van der Waals surface area contributed by atoms with Gasteiger partial charge in [0.15, 0.2) is 0 Å². The van der Waals surface area contributed by atoms with Crippen LogP contribution in [-0.4, -0.2) is 75.2 Å². The maximum Gasteiger partial charge on any atom is 0.252 e. The Morgan fingerprint density at radius 2 is 1.12 bits per heavy atom. The second-order valence-corrected chi connectivity index (χ2v) is 5.54. The largest absolute Gasteiger partial charge is 0.380 e. The number of rotatable bonds is 14. The molecule has 0 unspecified atom stereocenters. The first-order valence-electron chi connectivity index (χ1n) is 8.21. The summed E-state index contributed by atoms with van der Waals surface area (Å²) in [5.74, 6) is -0.382. The van der Waals surface area contributed by atoms with Gasteiger partial charge in [0.25, 0.3) is 11.8 Å². The first kappa shape index (κ1) is 23.6. The van der Waals surface area contributed by atoms with Crippen molar-refractivity contribution >= 4 is 11.8 Å². The third-order valence-corrected chi connectivity index (χ3v) is 3.33. The lowest BCUT2D eigenvalue weighted by Crippen LogP contribution is -2.34. The van der Waals surface area contributed by atoms with E-state index < -0.39 is 0 Å². The van der Waals surface area contributed by atoms with E-state index in [9.17, 15) is 9.59 Å². The highest BCUT2D eigenvalue weighted by atomic mass is 16.5. The van der Waals surface area contributed by atoms with E-state index >= 15 is 0 Å². The Morgan fingerprint density at radius 3 is 1.38 bits per heavy atom. The van der Waals surface area contributed by atoms with Crippen LogP contribution in [-0.2, 0) is 19.1 Å². The highest BCUT2D eigenvalue weighted by Crippen LogP contribution is 2.03. The number of methoxy groups -OCH3 is 2. The number of nitrogens with zero attached hydrogens (tertiary/aromatic N) is 2. The summed E-state index contributed by atoms with van der Waals surface area (Å²) >= 11 is 0. The summed E-state index contributed by atoms with van der Waals surface area (Å²) in [6.07, 6.45) is 6.94. The van der Waals surface area contributed by atoms with E-state index in [1.807, 2.05) is 12.2 Å². The van der Waals surface area contributed by atoms with Gasteiger partial charge in [0, 0.05) is 51.5 Å². The van der Waals surface area contributed by atoms with E-state index in [0.717, 1.165) is 0 Å².